The Bertz CT molecular complexity index is 924. The Morgan fingerprint density at radius 2 is 1.49 bits per heavy atom. The van der Waals surface area contributed by atoms with Crippen molar-refractivity contribution < 1.29 is 9.53 Å². The highest BCUT2D eigenvalue weighted by Gasteiger charge is 2.50. The number of rotatable bonds is 21. The quantitative estimate of drug-likeness (QED) is 0.0940. The van der Waals surface area contributed by atoms with Gasteiger partial charge in [0.1, 0.15) is 6.10 Å². The summed E-state index contributed by atoms with van der Waals surface area (Å²) >= 11 is 0. The van der Waals surface area contributed by atoms with Crippen LogP contribution in [0.5, 0.6) is 0 Å². The van der Waals surface area contributed by atoms with Crippen molar-refractivity contribution in [1.82, 2.24) is 0 Å². The molecule has 0 aromatic rings. The minimum absolute atomic E-state index is 0.0100. The Hall–Kier alpha value is -1.31. The molecule has 3 saturated carbocycles. The van der Waals surface area contributed by atoms with E-state index in [1.165, 1.54) is 133 Å². The van der Waals surface area contributed by atoms with Gasteiger partial charge in [0.25, 0.3) is 0 Å². The van der Waals surface area contributed by atoms with Crippen LogP contribution in [0.1, 0.15) is 195 Å². The maximum Gasteiger partial charge on any atom is 0.306 e. The number of hydrogen-bond donors (Lipinski definition) is 0. The molecule has 3 aliphatic carbocycles. The fourth-order valence-electron chi connectivity index (χ4n) is 9.28. The van der Waals surface area contributed by atoms with Gasteiger partial charge in [-0.25, -0.2) is 0 Å². The Labute approximate surface area is 280 Å². The minimum atomic E-state index is 0.0100. The van der Waals surface area contributed by atoms with Gasteiger partial charge in [-0.05, 0) is 86.0 Å². The standard InChI is InChI=1S/C43H74O2/c1-7-8-9-10-11-12-13-14-15-16-17-18-19-25-42(44)45-39-29-26-35(4)38(33-39)28-27-37-24-21-32-43(6)40(30-31-41(37)43)36(5)23-20-22-34(2)3/h27-28,34,36,39-41H,4,7-26,29-33H2,1-3,5-6H3/b37-27+,38-28-/t36-,39+,40-,41+,43-/m1/s1. The van der Waals surface area contributed by atoms with Crippen molar-refractivity contribution in [2.45, 2.75) is 201 Å². The number of hydrogen-bond acceptors (Lipinski definition) is 2. The number of ether oxygens (including phenoxy) is 1. The second-order valence-corrected chi connectivity index (χ2v) is 16.3. The first kappa shape index (κ1) is 38.1. The Balaban J connectivity index is 1.37. The third-order valence-electron chi connectivity index (χ3n) is 12.1. The van der Waals surface area contributed by atoms with E-state index in [4.69, 9.17) is 4.74 Å². The molecule has 3 rings (SSSR count). The first-order chi connectivity index (χ1) is 21.7. The van der Waals surface area contributed by atoms with Gasteiger partial charge >= 0.3 is 5.97 Å². The second-order valence-electron chi connectivity index (χ2n) is 16.3. The maximum absolute atomic E-state index is 12.7. The van der Waals surface area contributed by atoms with Gasteiger partial charge < -0.3 is 4.74 Å². The predicted molar refractivity (Wildman–Crippen MR) is 195 cm³/mol. The molecular formula is C43H74O2. The van der Waals surface area contributed by atoms with Gasteiger partial charge in [-0.1, -0.05) is 161 Å². The fourth-order valence-corrected chi connectivity index (χ4v) is 9.28. The molecule has 3 fully saturated rings. The van der Waals surface area contributed by atoms with Crippen LogP contribution < -0.4 is 0 Å². The summed E-state index contributed by atoms with van der Waals surface area (Å²) in [4.78, 5) is 12.7. The summed E-state index contributed by atoms with van der Waals surface area (Å²) in [6.07, 6.45) is 36.3. The predicted octanol–water partition coefficient (Wildman–Crippen LogP) is 13.7. The van der Waals surface area contributed by atoms with Crippen LogP contribution in [0.25, 0.3) is 0 Å². The maximum atomic E-state index is 12.7. The summed E-state index contributed by atoms with van der Waals surface area (Å²) in [7, 11) is 0. The molecule has 258 valence electrons. The summed E-state index contributed by atoms with van der Waals surface area (Å²) in [5, 5.41) is 0. The highest BCUT2D eigenvalue weighted by molar-refractivity contribution is 5.69. The van der Waals surface area contributed by atoms with Gasteiger partial charge in [0.2, 0.25) is 0 Å². The van der Waals surface area contributed by atoms with Crippen molar-refractivity contribution in [1.29, 1.82) is 0 Å². The zero-order valence-electron chi connectivity index (χ0n) is 30.7. The number of allylic oxidation sites excluding steroid dienone is 4. The topological polar surface area (TPSA) is 26.3 Å². The van der Waals surface area contributed by atoms with Gasteiger partial charge in [-0.3, -0.25) is 4.79 Å². The number of carbonyl (C=O) groups is 1. The van der Waals surface area contributed by atoms with E-state index >= 15 is 0 Å². The molecule has 3 aliphatic rings. The molecule has 0 bridgehead atoms. The van der Waals surface area contributed by atoms with E-state index < -0.39 is 0 Å². The summed E-state index contributed by atoms with van der Waals surface area (Å²) in [5.74, 6) is 3.28. The number of esters is 1. The van der Waals surface area contributed by atoms with Crippen molar-refractivity contribution in [3.05, 3.63) is 35.5 Å². The highest BCUT2D eigenvalue weighted by atomic mass is 16.5. The molecule has 0 unspecified atom stereocenters. The molecule has 45 heavy (non-hydrogen) atoms. The van der Waals surface area contributed by atoms with Gasteiger partial charge in [0, 0.05) is 12.8 Å². The highest BCUT2D eigenvalue weighted by Crippen LogP contribution is 2.60. The van der Waals surface area contributed by atoms with Crippen LogP contribution in [0.4, 0.5) is 0 Å². The molecule has 0 amide bonds. The van der Waals surface area contributed by atoms with E-state index in [9.17, 15) is 4.79 Å². The summed E-state index contributed by atoms with van der Waals surface area (Å²) in [5.41, 5.74) is 4.71. The lowest BCUT2D eigenvalue weighted by Crippen LogP contribution is -2.36. The van der Waals surface area contributed by atoms with Crippen molar-refractivity contribution in [3.8, 4) is 0 Å². The molecule has 5 atom stereocenters. The van der Waals surface area contributed by atoms with Crippen LogP contribution >= 0.6 is 0 Å². The van der Waals surface area contributed by atoms with Crippen molar-refractivity contribution in [2.24, 2.45) is 29.1 Å². The first-order valence-corrected chi connectivity index (χ1v) is 20.0. The molecule has 0 saturated heterocycles. The number of fused-ring (bicyclic) bond motifs is 1. The summed E-state index contributed by atoms with van der Waals surface area (Å²) in [6, 6.07) is 0. The van der Waals surface area contributed by atoms with Gasteiger partial charge in [0.15, 0.2) is 0 Å². The zero-order valence-corrected chi connectivity index (χ0v) is 30.7. The monoisotopic (exact) mass is 623 g/mol. The molecule has 0 spiro atoms. The van der Waals surface area contributed by atoms with Crippen LogP contribution in [0.2, 0.25) is 0 Å². The average molecular weight is 623 g/mol. The molecular weight excluding hydrogens is 548 g/mol. The molecule has 2 heteroatoms. The molecule has 0 radical (unpaired) electrons. The van der Waals surface area contributed by atoms with Crippen LogP contribution in [0.3, 0.4) is 0 Å². The summed E-state index contributed by atoms with van der Waals surface area (Å²) < 4.78 is 6.00. The number of unbranched alkanes of at least 4 members (excludes halogenated alkanes) is 12. The Kier molecular flexibility index (Phi) is 17.7. The molecule has 0 heterocycles. The van der Waals surface area contributed by atoms with Crippen LogP contribution in [-0.2, 0) is 9.53 Å². The largest absolute Gasteiger partial charge is 0.462 e. The van der Waals surface area contributed by atoms with Crippen LogP contribution in [0, 0.1) is 29.1 Å². The normalized spacial score (nSPS) is 27.8. The second kappa shape index (κ2) is 20.8. The lowest BCUT2D eigenvalue weighted by Gasteiger charge is -2.44. The first-order valence-electron chi connectivity index (χ1n) is 20.0. The zero-order chi connectivity index (χ0) is 32.5. The molecule has 0 N–H and O–H groups in total. The van der Waals surface area contributed by atoms with Crippen LogP contribution in [0.15, 0.2) is 35.5 Å². The van der Waals surface area contributed by atoms with E-state index in [0.717, 1.165) is 55.8 Å². The minimum Gasteiger partial charge on any atom is -0.462 e. The van der Waals surface area contributed by atoms with E-state index in [-0.39, 0.29) is 12.1 Å². The van der Waals surface area contributed by atoms with E-state index in [2.05, 4.69) is 53.3 Å². The van der Waals surface area contributed by atoms with Crippen molar-refractivity contribution in [2.75, 3.05) is 0 Å². The molecule has 0 aromatic heterocycles. The lowest BCUT2D eigenvalue weighted by molar-refractivity contribution is -0.149. The van der Waals surface area contributed by atoms with Gasteiger partial charge in [0.05, 0.1) is 0 Å². The van der Waals surface area contributed by atoms with Crippen molar-refractivity contribution >= 4 is 5.97 Å². The third-order valence-corrected chi connectivity index (χ3v) is 12.1. The number of carbonyl (C=O) groups excluding carboxylic acids is 1. The van der Waals surface area contributed by atoms with Crippen LogP contribution in [-0.4, -0.2) is 12.1 Å². The SMILES string of the molecule is C=C1CC[C@H](OC(=O)CCCCCCCCCCCCCCC)C/C1=C/C=C1\CCC[C@]2(C)[C@@H]([C@H](C)CCCC(C)C)CC[C@@H]12. The smallest absolute Gasteiger partial charge is 0.306 e. The van der Waals surface area contributed by atoms with E-state index in [1.807, 2.05) is 0 Å². The fraction of sp³-hybridized carbons (Fsp3) is 0.837. The lowest BCUT2D eigenvalue weighted by atomic mass is 9.60. The average Bonchev–Trinajstić information content (AvgIpc) is 3.37. The molecule has 2 nitrogen and oxygen atoms in total. The van der Waals surface area contributed by atoms with Crippen molar-refractivity contribution in [3.63, 3.8) is 0 Å². The van der Waals surface area contributed by atoms with E-state index in [1.54, 1.807) is 5.57 Å². The Morgan fingerprint density at radius 3 is 2.13 bits per heavy atom. The summed E-state index contributed by atoms with van der Waals surface area (Å²) in [6.45, 7) is 16.6. The van der Waals surface area contributed by atoms with Gasteiger partial charge in [-0.15, -0.1) is 0 Å². The Morgan fingerprint density at radius 1 is 0.844 bits per heavy atom. The molecule has 0 aliphatic heterocycles. The van der Waals surface area contributed by atoms with Gasteiger partial charge in [-0.2, -0.15) is 0 Å². The molecule has 0 aromatic carbocycles. The third kappa shape index (κ3) is 13.0. The van der Waals surface area contributed by atoms with E-state index in [0.29, 0.717) is 11.8 Å².